The van der Waals surface area contributed by atoms with Crippen molar-refractivity contribution in [1.82, 2.24) is 4.98 Å². The van der Waals surface area contributed by atoms with Crippen LogP contribution in [0.3, 0.4) is 0 Å². The van der Waals surface area contributed by atoms with Gasteiger partial charge in [0.15, 0.2) is 0 Å². The van der Waals surface area contributed by atoms with E-state index in [0.717, 1.165) is 38.7 Å². The Morgan fingerprint density at radius 1 is 1.19 bits per heavy atom. The zero-order valence-corrected chi connectivity index (χ0v) is 18.0. The van der Waals surface area contributed by atoms with Gasteiger partial charge in [0.25, 0.3) is 0 Å². The van der Waals surface area contributed by atoms with Crippen LogP contribution in [0.5, 0.6) is 0 Å². The van der Waals surface area contributed by atoms with Crippen molar-refractivity contribution in [2.45, 2.75) is 26.2 Å². The monoisotopic (exact) mass is 458 g/mol. The van der Waals surface area contributed by atoms with Crippen LogP contribution in [0.2, 0.25) is 0 Å². The first-order valence-corrected chi connectivity index (χ1v) is 10.5. The van der Waals surface area contributed by atoms with Gasteiger partial charge in [-0.3, -0.25) is 0 Å². The minimum absolute atomic E-state index is 0. The van der Waals surface area contributed by atoms with Gasteiger partial charge in [0.1, 0.15) is 10.6 Å². The number of rotatable bonds is 2. The van der Waals surface area contributed by atoms with Crippen molar-refractivity contribution in [3.05, 3.63) is 63.6 Å². The minimum Gasteiger partial charge on any atom is -1.00 e. The van der Waals surface area contributed by atoms with Crippen LogP contribution in [0.15, 0.2) is 57.6 Å². The van der Waals surface area contributed by atoms with Crippen molar-refractivity contribution in [1.29, 1.82) is 0 Å². The number of thiophene rings is 1. The highest BCUT2D eigenvalue weighted by Gasteiger charge is 2.24. The smallest absolute Gasteiger partial charge is 0.134 e. The molecule has 5 rings (SSSR count). The van der Waals surface area contributed by atoms with Gasteiger partial charge in [-0.05, 0) is 61.1 Å². The highest BCUT2D eigenvalue weighted by Crippen LogP contribution is 2.43. The first kappa shape index (κ1) is 18.7. The van der Waals surface area contributed by atoms with Crippen molar-refractivity contribution < 1.29 is 16.8 Å². The molecule has 1 aromatic carbocycles. The summed E-state index contributed by atoms with van der Waals surface area (Å²) in [5.74, 6) is 1.68. The van der Waals surface area contributed by atoms with Gasteiger partial charge in [-0.2, -0.15) is 0 Å². The average molecular weight is 460 g/mol. The Balaban J connectivity index is 0.00000180. The van der Waals surface area contributed by atoms with Crippen molar-refractivity contribution in [3.63, 3.8) is 0 Å². The molecule has 1 aliphatic carbocycles. The summed E-state index contributed by atoms with van der Waals surface area (Å²) in [5, 5.41) is 1.30. The Labute approximate surface area is 177 Å². The second-order valence-electron chi connectivity index (χ2n) is 7.07. The van der Waals surface area contributed by atoms with Crippen molar-refractivity contribution in [2.75, 3.05) is 0 Å². The van der Waals surface area contributed by atoms with E-state index in [9.17, 15) is 0 Å². The molecule has 1 aliphatic rings. The van der Waals surface area contributed by atoms with Gasteiger partial charge in [0.05, 0.1) is 12.0 Å². The van der Waals surface area contributed by atoms with E-state index in [1.807, 2.05) is 17.4 Å². The molecule has 0 aliphatic heterocycles. The molecule has 3 aromatic heterocycles. The van der Waals surface area contributed by atoms with Gasteiger partial charge in [-0.1, -0.05) is 35.0 Å². The third-order valence-electron chi connectivity index (χ3n) is 5.19. The van der Waals surface area contributed by atoms with Crippen LogP contribution >= 0.6 is 27.3 Å². The molecule has 0 bridgehead atoms. The van der Waals surface area contributed by atoms with Crippen molar-refractivity contribution >= 4 is 37.5 Å². The van der Waals surface area contributed by atoms with E-state index in [-0.39, 0.29) is 12.4 Å². The van der Waals surface area contributed by atoms with Crippen LogP contribution in [0.1, 0.15) is 23.8 Å². The standard InChI is InChI=1S/C22H18BrNOS.ClH/c1-13-4-9-16-20(11-13)26-22-21(16)17(19-3-2-10-25-19)12-18(24-22)14-5-7-15(23)8-6-14;/h2-3,5-8,10,12-13H,4,9,11H2,1H3;1H/p-1. The second kappa shape index (κ2) is 7.42. The summed E-state index contributed by atoms with van der Waals surface area (Å²) >= 11 is 5.38. The van der Waals surface area contributed by atoms with Gasteiger partial charge >= 0.3 is 0 Å². The third kappa shape index (κ3) is 3.35. The number of hydrogen-bond acceptors (Lipinski definition) is 3. The van der Waals surface area contributed by atoms with E-state index in [4.69, 9.17) is 9.40 Å². The minimum atomic E-state index is 0. The number of aryl methyl sites for hydroxylation is 1. The average Bonchev–Trinajstić information content (AvgIpc) is 3.28. The molecule has 5 heteroatoms. The van der Waals surface area contributed by atoms with E-state index >= 15 is 0 Å². The maximum atomic E-state index is 5.79. The summed E-state index contributed by atoms with van der Waals surface area (Å²) in [6.45, 7) is 2.35. The molecule has 27 heavy (non-hydrogen) atoms. The number of nitrogens with zero attached hydrogens (tertiary/aromatic N) is 1. The molecule has 0 amide bonds. The third-order valence-corrected chi connectivity index (χ3v) is 6.87. The van der Waals surface area contributed by atoms with Crippen LogP contribution in [0.4, 0.5) is 0 Å². The van der Waals surface area contributed by atoms with Crippen LogP contribution in [-0.4, -0.2) is 4.98 Å². The molecule has 0 saturated carbocycles. The van der Waals surface area contributed by atoms with Gasteiger partial charge in [-0.15, -0.1) is 11.3 Å². The summed E-state index contributed by atoms with van der Waals surface area (Å²) in [5.41, 5.74) is 4.79. The normalized spacial score (nSPS) is 16.1. The first-order chi connectivity index (χ1) is 12.7. The van der Waals surface area contributed by atoms with Crippen molar-refractivity contribution in [3.8, 4) is 22.6 Å². The van der Waals surface area contributed by atoms with Crippen molar-refractivity contribution in [2.24, 2.45) is 5.92 Å². The number of benzene rings is 1. The molecule has 1 atom stereocenters. The highest BCUT2D eigenvalue weighted by molar-refractivity contribution is 9.10. The lowest BCUT2D eigenvalue weighted by molar-refractivity contribution is -0.00000546. The maximum absolute atomic E-state index is 5.79. The van der Waals surface area contributed by atoms with Gasteiger partial charge in [0, 0.05) is 25.9 Å². The number of pyridine rings is 1. The fourth-order valence-electron chi connectivity index (χ4n) is 3.84. The largest absolute Gasteiger partial charge is 1.00 e. The molecule has 1 unspecified atom stereocenters. The SMILES string of the molecule is CC1CCc2c(sc3nc(-c4ccc(Br)cc4)cc(-c4ccco4)c23)C1.[Cl-]. The van der Waals surface area contributed by atoms with Crippen LogP contribution in [-0.2, 0) is 12.8 Å². The Kier molecular flexibility index (Phi) is 5.15. The van der Waals surface area contributed by atoms with Crippen LogP contribution in [0.25, 0.3) is 32.8 Å². The molecule has 4 aromatic rings. The lowest BCUT2D eigenvalue weighted by Crippen LogP contribution is -3.00. The van der Waals surface area contributed by atoms with E-state index < -0.39 is 0 Å². The van der Waals surface area contributed by atoms with Gasteiger partial charge in [0.2, 0.25) is 0 Å². The Morgan fingerprint density at radius 2 is 2.00 bits per heavy atom. The summed E-state index contributed by atoms with van der Waals surface area (Å²) in [7, 11) is 0. The van der Waals surface area contributed by atoms with Crippen LogP contribution in [0, 0.1) is 5.92 Å². The van der Waals surface area contributed by atoms with Crippen LogP contribution < -0.4 is 12.4 Å². The summed E-state index contributed by atoms with van der Waals surface area (Å²) < 4.78 is 6.87. The fraction of sp³-hybridized carbons (Fsp3) is 0.227. The number of aromatic nitrogens is 1. The number of furan rings is 1. The lowest BCUT2D eigenvalue weighted by atomic mass is 9.88. The molecule has 138 valence electrons. The molecule has 0 saturated heterocycles. The fourth-order valence-corrected chi connectivity index (χ4v) is 5.51. The van der Waals surface area contributed by atoms with Gasteiger partial charge < -0.3 is 16.8 Å². The molecule has 3 heterocycles. The topological polar surface area (TPSA) is 26.0 Å². The molecular formula is C22H18BrClNOS-. The molecule has 0 fully saturated rings. The second-order valence-corrected chi connectivity index (χ2v) is 9.07. The van der Waals surface area contributed by atoms with E-state index in [1.54, 1.807) is 6.26 Å². The summed E-state index contributed by atoms with van der Waals surface area (Å²) in [4.78, 5) is 7.68. The molecule has 0 N–H and O–H groups in total. The molecule has 0 radical (unpaired) electrons. The Hall–Kier alpha value is -1.62. The highest BCUT2D eigenvalue weighted by atomic mass is 79.9. The molecule has 2 nitrogen and oxygen atoms in total. The summed E-state index contributed by atoms with van der Waals surface area (Å²) in [6.07, 6.45) is 5.32. The maximum Gasteiger partial charge on any atom is 0.134 e. The first-order valence-electron chi connectivity index (χ1n) is 8.94. The zero-order valence-electron chi connectivity index (χ0n) is 14.8. The van der Waals surface area contributed by atoms with E-state index in [2.05, 4.69) is 59.3 Å². The summed E-state index contributed by atoms with van der Waals surface area (Å²) in [6, 6.07) is 14.6. The lowest BCUT2D eigenvalue weighted by Gasteiger charge is -2.18. The number of hydrogen-bond donors (Lipinski definition) is 0. The number of halogens is 2. The Morgan fingerprint density at radius 3 is 2.74 bits per heavy atom. The predicted molar refractivity (Wildman–Crippen MR) is 112 cm³/mol. The zero-order chi connectivity index (χ0) is 17.7. The quantitative estimate of drug-likeness (QED) is 0.451. The molecular weight excluding hydrogens is 442 g/mol. The van der Waals surface area contributed by atoms with Gasteiger partial charge in [-0.25, -0.2) is 4.98 Å². The Bertz CT molecular complexity index is 1090. The predicted octanol–water partition coefficient (Wildman–Crippen LogP) is 4.11. The number of fused-ring (bicyclic) bond motifs is 3. The van der Waals surface area contributed by atoms with E-state index in [0.29, 0.717) is 0 Å². The molecule has 0 spiro atoms. The van der Waals surface area contributed by atoms with E-state index in [1.165, 1.54) is 34.2 Å².